The molecule has 0 aliphatic carbocycles. The summed E-state index contributed by atoms with van der Waals surface area (Å²) in [4.78, 5) is 12.8. The summed E-state index contributed by atoms with van der Waals surface area (Å²) in [6, 6.07) is 4.66. The van der Waals surface area contributed by atoms with Crippen LogP contribution in [-0.4, -0.2) is 18.9 Å². The maximum atomic E-state index is 13.0. The zero-order valence-corrected chi connectivity index (χ0v) is 8.74. The lowest BCUT2D eigenvalue weighted by molar-refractivity contribution is -0.108. The van der Waals surface area contributed by atoms with E-state index >= 15 is 0 Å². The summed E-state index contributed by atoms with van der Waals surface area (Å²) in [7, 11) is 0. The molecule has 1 aromatic rings. The van der Waals surface area contributed by atoms with Crippen molar-refractivity contribution in [3.63, 3.8) is 0 Å². The monoisotopic (exact) mass is 207 g/mol. The van der Waals surface area contributed by atoms with Crippen LogP contribution >= 0.6 is 0 Å². The molecule has 2 rings (SSSR count). The topological polar surface area (TPSA) is 20.3 Å². The molecule has 1 aliphatic rings. The van der Waals surface area contributed by atoms with Gasteiger partial charge in [-0.3, -0.25) is 0 Å². The minimum Gasteiger partial charge on any atom is -0.362 e. The van der Waals surface area contributed by atoms with Crippen molar-refractivity contribution < 1.29 is 9.18 Å². The van der Waals surface area contributed by atoms with Crippen molar-refractivity contribution >= 4 is 12.0 Å². The molecule has 0 aromatic heterocycles. The summed E-state index contributed by atoms with van der Waals surface area (Å²) in [5.41, 5.74) is 2.01. The van der Waals surface area contributed by atoms with Gasteiger partial charge in [-0.2, -0.15) is 0 Å². The average Bonchev–Trinajstić information content (AvgIpc) is 2.26. The lowest BCUT2D eigenvalue weighted by atomic mass is 10.0. The maximum absolute atomic E-state index is 13.0. The average molecular weight is 207 g/mol. The summed E-state index contributed by atoms with van der Waals surface area (Å²) < 4.78 is 13.0. The van der Waals surface area contributed by atoms with Gasteiger partial charge in [0.1, 0.15) is 12.1 Å². The van der Waals surface area contributed by atoms with Gasteiger partial charge in [-0.05, 0) is 43.5 Å². The number of nitrogens with zero attached hydrogens (tertiary/aromatic N) is 1. The molecule has 1 aliphatic heterocycles. The summed E-state index contributed by atoms with van der Waals surface area (Å²) in [6.07, 6.45) is 2.81. The zero-order valence-electron chi connectivity index (χ0n) is 8.74. The largest absolute Gasteiger partial charge is 0.362 e. The van der Waals surface area contributed by atoms with Crippen molar-refractivity contribution in [2.24, 2.45) is 0 Å². The predicted molar refractivity (Wildman–Crippen MR) is 57.6 cm³/mol. The minimum absolute atomic E-state index is 0.130. The molecular weight excluding hydrogens is 193 g/mol. The third-order valence-corrected chi connectivity index (χ3v) is 2.88. The Hall–Kier alpha value is -1.38. The molecular formula is C12H14FNO. The highest BCUT2D eigenvalue weighted by atomic mass is 19.1. The fourth-order valence-corrected chi connectivity index (χ4v) is 2.09. The molecule has 0 saturated carbocycles. The molecule has 15 heavy (non-hydrogen) atoms. The first-order valence-corrected chi connectivity index (χ1v) is 5.22. The van der Waals surface area contributed by atoms with Crippen LogP contribution in [0.15, 0.2) is 18.2 Å². The third kappa shape index (κ3) is 1.87. The Labute approximate surface area is 88.7 Å². The molecule has 0 saturated heterocycles. The van der Waals surface area contributed by atoms with Gasteiger partial charge in [-0.15, -0.1) is 0 Å². The van der Waals surface area contributed by atoms with E-state index in [1.165, 1.54) is 6.07 Å². The number of carbonyl (C=O) groups excluding carboxylic acids is 1. The number of halogens is 1. The van der Waals surface area contributed by atoms with Crippen LogP contribution in [-0.2, 0) is 11.2 Å². The highest BCUT2D eigenvalue weighted by Gasteiger charge is 2.20. The minimum atomic E-state index is -0.200. The molecule has 0 bridgehead atoms. The van der Waals surface area contributed by atoms with Gasteiger partial charge >= 0.3 is 0 Å². The van der Waals surface area contributed by atoms with E-state index in [-0.39, 0.29) is 11.9 Å². The van der Waals surface area contributed by atoms with E-state index in [0.29, 0.717) is 0 Å². The third-order valence-electron chi connectivity index (χ3n) is 2.88. The van der Waals surface area contributed by atoms with Gasteiger partial charge in [0, 0.05) is 12.2 Å². The maximum Gasteiger partial charge on any atom is 0.142 e. The molecule has 3 heteroatoms. The number of hydrogen-bond donors (Lipinski definition) is 0. The van der Waals surface area contributed by atoms with Crippen LogP contribution in [0.2, 0.25) is 0 Å². The quantitative estimate of drug-likeness (QED) is 0.693. The molecule has 0 N–H and O–H groups in total. The first-order valence-electron chi connectivity index (χ1n) is 5.22. The Morgan fingerprint density at radius 3 is 3.07 bits per heavy atom. The van der Waals surface area contributed by atoms with E-state index < -0.39 is 0 Å². The van der Waals surface area contributed by atoms with Crippen molar-refractivity contribution in [1.29, 1.82) is 0 Å². The second-order valence-corrected chi connectivity index (χ2v) is 3.95. The van der Waals surface area contributed by atoms with E-state index in [0.717, 1.165) is 36.9 Å². The van der Waals surface area contributed by atoms with Crippen LogP contribution in [0.4, 0.5) is 10.1 Å². The Morgan fingerprint density at radius 1 is 1.53 bits per heavy atom. The number of aryl methyl sites for hydroxylation is 1. The molecule has 1 atom stereocenters. The summed E-state index contributed by atoms with van der Waals surface area (Å²) in [5.74, 6) is -0.200. The number of anilines is 1. The Kier molecular flexibility index (Phi) is 2.71. The first kappa shape index (κ1) is 10.1. The number of hydrogen-bond acceptors (Lipinski definition) is 2. The van der Waals surface area contributed by atoms with Crippen molar-refractivity contribution in [2.45, 2.75) is 25.8 Å². The van der Waals surface area contributed by atoms with Crippen LogP contribution in [0.3, 0.4) is 0 Å². The van der Waals surface area contributed by atoms with Crippen molar-refractivity contribution in [1.82, 2.24) is 0 Å². The molecule has 1 unspecified atom stereocenters. The second kappa shape index (κ2) is 4.01. The van der Waals surface area contributed by atoms with E-state index in [1.54, 1.807) is 12.1 Å². The van der Waals surface area contributed by atoms with Gasteiger partial charge in [-0.1, -0.05) is 0 Å². The van der Waals surface area contributed by atoms with Crippen LogP contribution in [0.1, 0.15) is 18.9 Å². The molecule has 0 spiro atoms. The summed E-state index contributed by atoms with van der Waals surface area (Å²) in [5, 5.41) is 0. The molecule has 80 valence electrons. The Balaban J connectivity index is 2.38. The SMILES string of the molecule is CC(C=O)N1CCCc2cc(F)ccc21. The van der Waals surface area contributed by atoms with Gasteiger partial charge in [-0.25, -0.2) is 4.39 Å². The highest BCUT2D eigenvalue weighted by molar-refractivity contribution is 5.68. The summed E-state index contributed by atoms with van der Waals surface area (Å²) in [6.45, 7) is 2.74. The van der Waals surface area contributed by atoms with Crippen molar-refractivity contribution in [3.05, 3.63) is 29.6 Å². The second-order valence-electron chi connectivity index (χ2n) is 3.95. The molecule has 0 amide bonds. The zero-order chi connectivity index (χ0) is 10.8. The van der Waals surface area contributed by atoms with E-state index in [9.17, 15) is 9.18 Å². The molecule has 1 heterocycles. The number of rotatable bonds is 2. The highest BCUT2D eigenvalue weighted by Crippen LogP contribution is 2.28. The van der Waals surface area contributed by atoms with E-state index in [1.807, 2.05) is 11.8 Å². The molecule has 2 nitrogen and oxygen atoms in total. The fourth-order valence-electron chi connectivity index (χ4n) is 2.09. The number of benzene rings is 1. The Morgan fingerprint density at radius 2 is 2.33 bits per heavy atom. The lowest BCUT2D eigenvalue weighted by Crippen LogP contribution is -2.38. The molecule has 0 radical (unpaired) electrons. The van der Waals surface area contributed by atoms with Gasteiger partial charge < -0.3 is 9.69 Å². The van der Waals surface area contributed by atoms with Gasteiger partial charge in [0.25, 0.3) is 0 Å². The van der Waals surface area contributed by atoms with Crippen molar-refractivity contribution in [2.75, 3.05) is 11.4 Å². The van der Waals surface area contributed by atoms with Crippen LogP contribution in [0.5, 0.6) is 0 Å². The first-order chi connectivity index (χ1) is 7.22. The normalized spacial score (nSPS) is 17.1. The smallest absolute Gasteiger partial charge is 0.142 e. The molecule has 1 aromatic carbocycles. The van der Waals surface area contributed by atoms with Gasteiger partial charge in [0.15, 0.2) is 0 Å². The number of carbonyl (C=O) groups is 1. The number of fused-ring (bicyclic) bond motifs is 1. The van der Waals surface area contributed by atoms with Gasteiger partial charge in [0.2, 0.25) is 0 Å². The predicted octanol–water partition coefficient (Wildman–Crippen LogP) is 2.17. The van der Waals surface area contributed by atoms with Crippen LogP contribution < -0.4 is 4.90 Å². The lowest BCUT2D eigenvalue weighted by Gasteiger charge is -2.33. The Bertz CT molecular complexity index is 378. The van der Waals surface area contributed by atoms with E-state index in [2.05, 4.69) is 0 Å². The fraction of sp³-hybridized carbons (Fsp3) is 0.417. The van der Waals surface area contributed by atoms with Crippen LogP contribution in [0, 0.1) is 5.82 Å². The number of aldehydes is 1. The van der Waals surface area contributed by atoms with Gasteiger partial charge in [0.05, 0.1) is 6.04 Å². The van der Waals surface area contributed by atoms with E-state index in [4.69, 9.17) is 0 Å². The van der Waals surface area contributed by atoms with Crippen molar-refractivity contribution in [3.8, 4) is 0 Å². The molecule has 0 fully saturated rings. The van der Waals surface area contributed by atoms with Crippen LogP contribution in [0.25, 0.3) is 0 Å². The standard InChI is InChI=1S/C12H14FNO/c1-9(8-15)14-6-2-3-10-7-11(13)4-5-12(10)14/h4-5,7-9H,2-3,6H2,1H3. The summed E-state index contributed by atoms with van der Waals surface area (Å²) >= 11 is 0.